The molecule has 0 saturated carbocycles. The summed E-state index contributed by atoms with van der Waals surface area (Å²) in [5, 5.41) is 0.212. The fourth-order valence-corrected chi connectivity index (χ4v) is 3.36. The van der Waals surface area contributed by atoms with Crippen molar-refractivity contribution in [2.45, 2.75) is 44.0 Å². The van der Waals surface area contributed by atoms with Gasteiger partial charge in [-0.3, -0.25) is 0 Å². The first-order valence-corrected chi connectivity index (χ1v) is 8.35. The second kappa shape index (κ2) is 7.85. The summed E-state index contributed by atoms with van der Waals surface area (Å²) in [6.45, 7) is 2.89. The standard InChI is InChI=1S/C13H21ClN2O2S/c1-2-3-4-5-8-16-19(17,18)13-7-6-11(10-15)9-12(13)14/h6-7,9,16H,2-5,8,10,15H2,1H3. The second-order valence-corrected chi connectivity index (χ2v) is 6.57. The Balaban J connectivity index is 2.67. The van der Waals surface area contributed by atoms with E-state index in [2.05, 4.69) is 11.6 Å². The van der Waals surface area contributed by atoms with Crippen molar-refractivity contribution in [1.82, 2.24) is 4.72 Å². The lowest BCUT2D eigenvalue weighted by molar-refractivity contribution is 0.573. The summed E-state index contributed by atoms with van der Waals surface area (Å²) in [7, 11) is -3.53. The molecular weight excluding hydrogens is 284 g/mol. The molecule has 0 unspecified atom stereocenters. The molecule has 4 nitrogen and oxygen atoms in total. The maximum absolute atomic E-state index is 12.1. The number of nitrogens with two attached hydrogens (primary N) is 1. The zero-order chi connectivity index (χ0) is 14.3. The minimum absolute atomic E-state index is 0.113. The number of unbranched alkanes of at least 4 members (excludes halogenated alkanes) is 3. The highest BCUT2D eigenvalue weighted by molar-refractivity contribution is 7.89. The van der Waals surface area contributed by atoms with Crippen LogP contribution in [0, 0.1) is 0 Å². The minimum Gasteiger partial charge on any atom is -0.326 e. The molecule has 0 bridgehead atoms. The van der Waals surface area contributed by atoms with Crippen molar-refractivity contribution in [2.24, 2.45) is 5.73 Å². The van der Waals surface area contributed by atoms with E-state index in [0.29, 0.717) is 13.1 Å². The third kappa shape index (κ3) is 5.10. The number of benzene rings is 1. The van der Waals surface area contributed by atoms with Gasteiger partial charge in [-0.15, -0.1) is 0 Å². The van der Waals surface area contributed by atoms with E-state index in [9.17, 15) is 8.42 Å². The SMILES string of the molecule is CCCCCCNS(=O)(=O)c1ccc(CN)cc1Cl. The van der Waals surface area contributed by atoms with Gasteiger partial charge in [-0.25, -0.2) is 13.1 Å². The molecule has 0 heterocycles. The highest BCUT2D eigenvalue weighted by Crippen LogP contribution is 2.22. The van der Waals surface area contributed by atoms with Crippen molar-refractivity contribution in [3.63, 3.8) is 0 Å². The number of nitrogens with one attached hydrogen (secondary N) is 1. The van der Waals surface area contributed by atoms with Crippen molar-refractivity contribution in [3.05, 3.63) is 28.8 Å². The molecule has 0 aliphatic carbocycles. The number of rotatable bonds is 8. The van der Waals surface area contributed by atoms with Crippen LogP contribution < -0.4 is 10.5 Å². The molecule has 0 spiro atoms. The van der Waals surface area contributed by atoms with E-state index in [1.165, 1.54) is 6.07 Å². The van der Waals surface area contributed by atoms with Gasteiger partial charge in [0.1, 0.15) is 4.90 Å². The van der Waals surface area contributed by atoms with Gasteiger partial charge in [-0.1, -0.05) is 43.9 Å². The molecule has 0 fully saturated rings. The molecule has 1 aromatic rings. The molecule has 0 aliphatic heterocycles. The van der Waals surface area contributed by atoms with Crippen LogP contribution in [0.5, 0.6) is 0 Å². The summed E-state index contributed by atoms with van der Waals surface area (Å²) in [5.41, 5.74) is 6.29. The number of hydrogen-bond acceptors (Lipinski definition) is 3. The lowest BCUT2D eigenvalue weighted by Crippen LogP contribution is -2.25. The molecule has 1 rings (SSSR count). The van der Waals surface area contributed by atoms with Gasteiger partial charge in [0.2, 0.25) is 10.0 Å². The smallest absolute Gasteiger partial charge is 0.242 e. The maximum Gasteiger partial charge on any atom is 0.242 e. The van der Waals surface area contributed by atoms with Gasteiger partial charge in [0.25, 0.3) is 0 Å². The van der Waals surface area contributed by atoms with E-state index < -0.39 is 10.0 Å². The van der Waals surface area contributed by atoms with Crippen LogP contribution in [0.1, 0.15) is 38.2 Å². The Labute approximate surface area is 120 Å². The lowest BCUT2D eigenvalue weighted by Gasteiger charge is -2.09. The first-order chi connectivity index (χ1) is 9.01. The van der Waals surface area contributed by atoms with E-state index in [4.69, 9.17) is 17.3 Å². The van der Waals surface area contributed by atoms with Crippen molar-refractivity contribution in [2.75, 3.05) is 6.54 Å². The van der Waals surface area contributed by atoms with Gasteiger partial charge in [0, 0.05) is 13.1 Å². The summed E-state index contributed by atoms with van der Waals surface area (Å²) in [4.78, 5) is 0.113. The van der Waals surface area contributed by atoms with Crippen LogP contribution in [0.2, 0.25) is 5.02 Å². The van der Waals surface area contributed by atoms with E-state index in [-0.39, 0.29) is 9.92 Å². The maximum atomic E-state index is 12.1. The molecule has 1 aromatic carbocycles. The van der Waals surface area contributed by atoms with E-state index >= 15 is 0 Å². The quantitative estimate of drug-likeness (QED) is 0.725. The average molecular weight is 305 g/mol. The monoisotopic (exact) mass is 304 g/mol. The van der Waals surface area contributed by atoms with Crippen LogP contribution in [0.15, 0.2) is 23.1 Å². The average Bonchev–Trinajstić information content (AvgIpc) is 2.37. The van der Waals surface area contributed by atoms with Gasteiger partial charge in [0.15, 0.2) is 0 Å². The Morgan fingerprint density at radius 1 is 1.26 bits per heavy atom. The molecule has 6 heteroatoms. The summed E-state index contributed by atoms with van der Waals surface area (Å²) < 4.78 is 26.7. The fourth-order valence-electron chi connectivity index (χ4n) is 1.73. The topological polar surface area (TPSA) is 72.2 Å². The van der Waals surface area contributed by atoms with E-state index in [1.54, 1.807) is 12.1 Å². The van der Waals surface area contributed by atoms with Gasteiger partial charge < -0.3 is 5.73 Å². The minimum atomic E-state index is -3.53. The Hall–Kier alpha value is -0.620. The van der Waals surface area contributed by atoms with E-state index in [0.717, 1.165) is 31.2 Å². The summed E-state index contributed by atoms with van der Waals surface area (Å²) in [6.07, 6.45) is 4.11. The Bertz CT molecular complexity index is 503. The van der Waals surface area contributed by atoms with Gasteiger partial charge in [-0.2, -0.15) is 0 Å². The largest absolute Gasteiger partial charge is 0.326 e. The molecule has 0 radical (unpaired) electrons. The van der Waals surface area contributed by atoms with Crippen molar-refractivity contribution in [1.29, 1.82) is 0 Å². The molecule has 0 atom stereocenters. The molecule has 19 heavy (non-hydrogen) atoms. The molecular formula is C13H21ClN2O2S. The summed E-state index contributed by atoms with van der Waals surface area (Å²) >= 11 is 5.98. The lowest BCUT2D eigenvalue weighted by atomic mass is 10.2. The van der Waals surface area contributed by atoms with Crippen LogP contribution in [0.4, 0.5) is 0 Å². The molecule has 0 aliphatic rings. The van der Waals surface area contributed by atoms with Crippen LogP contribution in [0.3, 0.4) is 0 Å². The fraction of sp³-hybridized carbons (Fsp3) is 0.538. The molecule has 0 saturated heterocycles. The van der Waals surface area contributed by atoms with Crippen molar-refractivity contribution < 1.29 is 8.42 Å². The zero-order valence-electron chi connectivity index (χ0n) is 11.2. The molecule has 0 amide bonds. The second-order valence-electron chi connectivity index (χ2n) is 4.43. The third-order valence-electron chi connectivity index (χ3n) is 2.84. The van der Waals surface area contributed by atoms with Crippen molar-refractivity contribution >= 4 is 21.6 Å². The Morgan fingerprint density at radius 3 is 2.58 bits per heavy atom. The molecule has 108 valence electrons. The predicted molar refractivity (Wildman–Crippen MR) is 78.7 cm³/mol. The summed E-state index contributed by atoms with van der Waals surface area (Å²) in [5.74, 6) is 0. The first-order valence-electron chi connectivity index (χ1n) is 6.49. The zero-order valence-corrected chi connectivity index (χ0v) is 12.7. The predicted octanol–water partition coefficient (Wildman–Crippen LogP) is 2.66. The van der Waals surface area contributed by atoms with Gasteiger partial charge in [-0.05, 0) is 24.1 Å². The number of sulfonamides is 1. The highest BCUT2D eigenvalue weighted by Gasteiger charge is 2.17. The molecule has 0 aromatic heterocycles. The van der Waals surface area contributed by atoms with Gasteiger partial charge >= 0.3 is 0 Å². The van der Waals surface area contributed by atoms with Crippen LogP contribution in [-0.2, 0) is 16.6 Å². The Kier molecular flexibility index (Phi) is 6.79. The summed E-state index contributed by atoms with van der Waals surface area (Å²) in [6, 6.07) is 4.77. The Morgan fingerprint density at radius 2 is 2.00 bits per heavy atom. The van der Waals surface area contributed by atoms with Crippen LogP contribution >= 0.6 is 11.6 Å². The van der Waals surface area contributed by atoms with E-state index in [1.807, 2.05) is 0 Å². The number of halogens is 1. The van der Waals surface area contributed by atoms with Crippen LogP contribution in [0.25, 0.3) is 0 Å². The number of hydrogen-bond donors (Lipinski definition) is 2. The normalized spacial score (nSPS) is 11.7. The van der Waals surface area contributed by atoms with Crippen LogP contribution in [-0.4, -0.2) is 15.0 Å². The van der Waals surface area contributed by atoms with Crippen molar-refractivity contribution in [3.8, 4) is 0 Å². The first kappa shape index (κ1) is 16.4. The highest BCUT2D eigenvalue weighted by atomic mass is 35.5. The molecule has 3 N–H and O–H groups in total. The van der Waals surface area contributed by atoms with Gasteiger partial charge in [0.05, 0.1) is 5.02 Å². The third-order valence-corrected chi connectivity index (χ3v) is 4.79.